The maximum Gasteiger partial charge on any atom is 0.251 e. The third kappa shape index (κ3) is 3.62. The minimum absolute atomic E-state index is 0.0177. The summed E-state index contributed by atoms with van der Waals surface area (Å²) in [5.74, 6) is 1.68. The third-order valence-corrected chi connectivity index (χ3v) is 8.51. The van der Waals surface area contributed by atoms with Crippen LogP contribution >= 0.6 is 11.6 Å². The summed E-state index contributed by atoms with van der Waals surface area (Å²) in [6, 6.07) is 15.7. The van der Waals surface area contributed by atoms with Gasteiger partial charge < -0.3 is 9.30 Å². The number of aromatic nitrogens is 5. The van der Waals surface area contributed by atoms with Crippen molar-refractivity contribution in [2.24, 2.45) is 10.9 Å². The molecule has 9 heteroatoms. The molecule has 5 heterocycles. The Balaban J connectivity index is 1.11. The van der Waals surface area contributed by atoms with Gasteiger partial charge in [-0.25, -0.2) is 0 Å². The Morgan fingerprint density at radius 1 is 1.05 bits per heavy atom. The molecule has 0 spiro atoms. The maximum atomic E-state index is 13.6. The molecule has 39 heavy (non-hydrogen) atoms. The number of pyridine rings is 1. The van der Waals surface area contributed by atoms with Gasteiger partial charge in [-0.05, 0) is 80.9 Å². The van der Waals surface area contributed by atoms with Crippen molar-refractivity contribution in [3.05, 3.63) is 105 Å². The van der Waals surface area contributed by atoms with Crippen LogP contribution in [-0.2, 0) is 6.42 Å². The minimum Gasteiger partial charge on any atom is -0.489 e. The van der Waals surface area contributed by atoms with Gasteiger partial charge in [0.25, 0.3) is 5.56 Å². The van der Waals surface area contributed by atoms with Crippen LogP contribution < -0.4 is 10.3 Å². The highest BCUT2D eigenvalue weighted by Gasteiger charge is 2.54. The van der Waals surface area contributed by atoms with Crippen LogP contribution in [0.15, 0.2) is 83.0 Å². The molecule has 0 N–H and O–H groups in total. The molecule has 8 nitrogen and oxygen atoms in total. The van der Waals surface area contributed by atoms with Crippen LogP contribution in [0.5, 0.6) is 5.75 Å². The van der Waals surface area contributed by atoms with Gasteiger partial charge in [-0.1, -0.05) is 30.3 Å². The molecule has 3 aliphatic heterocycles. The van der Waals surface area contributed by atoms with Gasteiger partial charge in [-0.2, -0.15) is 4.68 Å². The average molecular weight is 535 g/mol. The first-order valence-electron chi connectivity index (χ1n) is 13.0. The highest BCUT2D eigenvalue weighted by molar-refractivity contribution is 6.31. The molecule has 0 radical (unpaired) electrons. The van der Waals surface area contributed by atoms with Crippen LogP contribution in [0.1, 0.15) is 41.6 Å². The van der Waals surface area contributed by atoms with Gasteiger partial charge >= 0.3 is 0 Å². The highest BCUT2D eigenvalue weighted by Crippen LogP contribution is 2.60. The van der Waals surface area contributed by atoms with Gasteiger partial charge in [-0.3, -0.25) is 9.79 Å². The molecule has 1 aliphatic carbocycles. The summed E-state index contributed by atoms with van der Waals surface area (Å²) in [6.45, 7) is 4.61. The van der Waals surface area contributed by atoms with E-state index in [-0.39, 0.29) is 11.6 Å². The van der Waals surface area contributed by atoms with Crippen molar-refractivity contribution >= 4 is 22.9 Å². The predicted octanol–water partition coefficient (Wildman–Crippen LogP) is 5.18. The number of rotatable bonds is 4. The fourth-order valence-electron chi connectivity index (χ4n) is 6.38. The zero-order valence-corrected chi connectivity index (χ0v) is 21.7. The molecule has 4 aromatic rings. The van der Waals surface area contributed by atoms with E-state index in [9.17, 15) is 4.79 Å². The molecule has 2 aromatic heterocycles. The standard InChI is InChI=1S/C30H23ClN6O2/c1-16-6-18-3-2-17(9-28(18)39-14-16)20-7-25(32-13-20)30-24-12-23(24)27-8-19(10-29(38)37(27)30)22-11-21(31)4-5-26(22)36-15-33-34-35-36/h2-5,8-11,13,15,23-24,30H,1,6-7,12,14H2. The van der Waals surface area contributed by atoms with Crippen LogP contribution in [0, 0.1) is 5.92 Å². The Bertz CT molecular complexity index is 1820. The van der Waals surface area contributed by atoms with E-state index in [1.807, 2.05) is 22.9 Å². The fourth-order valence-corrected chi connectivity index (χ4v) is 6.55. The summed E-state index contributed by atoms with van der Waals surface area (Å²) in [7, 11) is 0. The van der Waals surface area contributed by atoms with Crippen LogP contribution in [0.3, 0.4) is 0 Å². The number of halogens is 1. The molecule has 1 saturated carbocycles. The molecule has 4 aliphatic rings. The van der Waals surface area contributed by atoms with E-state index < -0.39 is 0 Å². The van der Waals surface area contributed by atoms with Crippen molar-refractivity contribution in [1.82, 2.24) is 24.8 Å². The van der Waals surface area contributed by atoms with E-state index in [0.29, 0.717) is 23.5 Å². The summed E-state index contributed by atoms with van der Waals surface area (Å²) in [5.41, 5.74) is 9.02. The van der Waals surface area contributed by atoms with E-state index in [4.69, 9.17) is 21.3 Å². The van der Waals surface area contributed by atoms with E-state index in [1.165, 1.54) is 11.9 Å². The van der Waals surface area contributed by atoms with Crippen molar-refractivity contribution in [1.29, 1.82) is 0 Å². The summed E-state index contributed by atoms with van der Waals surface area (Å²) in [4.78, 5) is 18.5. The van der Waals surface area contributed by atoms with E-state index in [1.54, 1.807) is 16.8 Å². The summed E-state index contributed by atoms with van der Waals surface area (Å²) >= 11 is 6.36. The van der Waals surface area contributed by atoms with Gasteiger partial charge in [0.15, 0.2) is 0 Å². The number of hydrogen-bond acceptors (Lipinski definition) is 6. The quantitative estimate of drug-likeness (QED) is 0.337. The SMILES string of the molecule is C=C1COc2cc(C3=CN=C(C4C5CC5c5cc(-c6cc(Cl)ccc6-n6cnnn6)cc(=O)n54)C3)ccc2C1. The lowest BCUT2D eigenvalue weighted by Gasteiger charge is -2.21. The average Bonchev–Trinajstić information content (AvgIpc) is 3.28. The number of ether oxygens (including phenoxy) is 1. The summed E-state index contributed by atoms with van der Waals surface area (Å²) in [6.07, 6.45) is 6.14. The molecule has 2 aromatic carbocycles. The second-order valence-electron chi connectivity index (χ2n) is 10.7. The molecular formula is C30H23ClN6O2. The molecule has 0 bridgehead atoms. The Hall–Kier alpha value is -4.30. The summed E-state index contributed by atoms with van der Waals surface area (Å²) in [5, 5.41) is 12.1. The Labute approximate surface area is 228 Å². The normalized spacial score (nSPS) is 22.5. The topological polar surface area (TPSA) is 87.2 Å². The van der Waals surface area contributed by atoms with Crippen molar-refractivity contribution in [2.45, 2.75) is 31.2 Å². The van der Waals surface area contributed by atoms with Crippen LogP contribution in [0.2, 0.25) is 5.02 Å². The second kappa shape index (κ2) is 8.35. The first-order chi connectivity index (χ1) is 19.0. The van der Waals surface area contributed by atoms with Gasteiger partial charge in [-0.15, -0.1) is 5.10 Å². The lowest BCUT2D eigenvalue weighted by atomic mass is 9.95. The molecule has 192 valence electrons. The molecule has 8 rings (SSSR count). The molecule has 0 amide bonds. The Morgan fingerprint density at radius 3 is 2.85 bits per heavy atom. The predicted molar refractivity (Wildman–Crippen MR) is 149 cm³/mol. The van der Waals surface area contributed by atoms with Crippen molar-refractivity contribution in [3.8, 4) is 22.6 Å². The van der Waals surface area contributed by atoms with Crippen LogP contribution in [-0.4, -0.2) is 37.1 Å². The number of allylic oxidation sites excluding steroid dienone is 1. The van der Waals surface area contributed by atoms with Crippen LogP contribution in [0.25, 0.3) is 22.4 Å². The fraction of sp³-hybridized carbons (Fsp3) is 0.233. The minimum atomic E-state index is -0.0269. The number of aliphatic imine (C=N–C) groups is 1. The number of tetrazole rings is 1. The largest absolute Gasteiger partial charge is 0.489 e. The number of hydrogen-bond donors (Lipinski definition) is 0. The molecule has 3 atom stereocenters. The Morgan fingerprint density at radius 2 is 1.97 bits per heavy atom. The zero-order chi connectivity index (χ0) is 26.2. The molecule has 0 saturated heterocycles. The maximum absolute atomic E-state index is 13.6. The number of benzene rings is 2. The van der Waals surface area contributed by atoms with Gasteiger partial charge in [0.05, 0.1) is 11.7 Å². The summed E-state index contributed by atoms with van der Waals surface area (Å²) < 4.78 is 9.45. The van der Waals surface area contributed by atoms with Gasteiger partial charge in [0, 0.05) is 53.0 Å². The zero-order valence-electron chi connectivity index (χ0n) is 20.9. The lowest BCUT2D eigenvalue weighted by Crippen LogP contribution is -2.29. The first kappa shape index (κ1) is 22.7. The molecule has 1 fully saturated rings. The highest BCUT2D eigenvalue weighted by atomic mass is 35.5. The number of fused-ring (bicyclic) bond motifs is 4. The van der Waals surface area contributed by atoms with E-state index in [0.717, 1.165) is 69.9 Å². The van der Waals surface area contributed by atoms with Crippen molar-refractivity contribution < 1.29 is 4.74 Å². The smallest absolute Gasteiger partial charge is 0.251 e. The van der Waals surface area contributed by atoms with Gasteiger partial charge in [0.1, 0.15) is 18.7 Å². The van der Waals surface area contributed by atoms with E-state index in [2.05, 4.69) is 46.4 Å². The molecule has 3 unspecified atom stereocenters. The molecular weight excluding hydrogens is 512 g/mol. The van der Waals surface area contributed by atoms with E-state index >= 15 is 0 Å². The monoisotopic (exact) mass is 534 g/mol. The second-order valence-corrected chi connectivity index (χ2v) is 11.2. The Kier molecular flexibility index (Phi) is 4.85. The van der Waals surface area contributed by atoms with Crippen molar-refractivity contribution in [3.63, 3.8) is 0 Å². The van der Waals surface area contributed by atoms with Gasteiger partial charge in [0.2, 0.25) is 0 Å². The van der Waals surface area contributed by atoms with Crippen LogP contribution in [0.4, 0.5) is 0 Å². The lowest BCUT2D eigenvalue weighted by molar-refractivity contribution is 0.332. The first-order valence-corrected chi connectivity index (χ1v) is 13.4. The third-order valence-electron chi connectivity index (χ3n) is 8.28. The van der Waals surface area contributed by atoms with Crippen molar-refractivity contribution in [2.75, 3.05) is 6.61 Å². The number of nitrogens with zero attached hydrogens (tertiary/aromatic N) is 6.